The molecule has 0 unspecified atom stereocenters. The van der Waals surface area contributed by atoms with Crippen molar-refractivity contribution in [2.45, 2.75) is 57.6 Å². The maximum Gasteiger partial charge on any atom is 0.416 e. The maximum atomic E-state index is 14.8. The van der Waals surface area contributed by atoms with Gasteiger partial charge in [-0.05, 0) is 63.4 Å². The van der Waals surface area contributed by atoms with Crippen LogP contribution in [0.4, 0.5) is 15.0 Å². The molecule has 14 heteroatoms. The van der Waals surface area contributed by atoms with Crippen LogP contribution in [0.5, 0.6) is 0 Å². The lowest BCUT2D eigenvalue weighted by Gasteiger charge is -2.44. The Bertz CT molecular complexity index is 1380. The summed E-state index contributed by atoms with van der Waals surface area (Å²) in [4.78, 5) is 38.3. The quantitative estimate of drug-likeness (QED) is 0.223. The first-order valence-corrected chi connectivity index (χ1v) is 13.1. The van der Waals surface area contributed by atoms with Crippen molar-refractivity contribution in [3.8, 4) is 10.7 Å². The molecule has 1 fully saturated rings. The summed E-state index contributed by atoms with van der Waals surface area (Å²) < 4.78 is 20.4. The molecule has 3 aromatic rings. The summed E-state index contributed by atoms with van der Waals surface area (Å²) in [5.74, 6) is -0.544. The molecule has 0 spiro atoms. The lowest BCUT2D eigenvalue weighted by molar-refractivity contribution is -0.119. The average molecular weight is 554 g/mol. The van der Waals surface area contributed by atoms with E-state index in [4.69, 9.17) is 10.3 Å². The summed E-state index contributed by atoms with van der Waals surface area (Å²) in [5, 5.41) is 15.0. The molecule has 1 saturated carbocycles. The monoisotopic (exact) mass is 553 g/mol. The zero-order valence-electron chi connectivity index (χ0n) is 21.8. The predicted molar refractivity (Wildman–Crippen MR) is 142 cm³/mol. The third kappa shape index (κ3) is 6.84. The minimum atomic E-state index is -0.751. The number of ether oxygens (including phenoxy) is 1. The number of amides is 2. The van der Waals surface area contributed by atoms with E-state index in [9.17, 15) is 14.0 Å². The van der Waals surface area contributed by atoms with E-state index < -0.39 is 28.8 Å². The molecule has 0 atom stereocenters. The van der Waals surface area contributed by atoms with Crippen LogP contribution < -0.4 is 10.2 Å². The number of carbonyl (C=O) groups excluding carboxylic acids is 2. The number of azide groups is 1. The summed E-state index contributed by atoms with van der Waals surface area (Å²) >= 11 is 1.31. The van der Waals surface area contributed by atoms with E-state index in [2.05, 4.69) is 35.5 Å². The number of hydrogen-bond donors (Lipinski definition) is 1. The largest absolute Gasteiger partial charge is 0.443 e. The SMILES string of the molecule is CC(C)(C)OC(=O)N(CC1(c2ncccc2F)CCC1)c1ccc(-c2ncc(CNC(=O)CN=[N+]=[N-])s2)nn1. The Hall–Kier alpha value is -4.16. The number of thiazole rings is 1. The molecule has 204 valence electrons. The molecule has 0 radical (unpaired) electrons. The summed E-state index contributed by atoms with van der Waals surface area (Å²) in [7, 11) is 0. The van der Waals surface area contributed by atoms with Crippen LogP contribution in [0.2, 0.25) is 0 Å². The van der Waals surface area contributed by atoms with Crippen molar-refractivity contribution in [2.75, 3.05) is 18.0 Å². The second-order valence-electron chi connectivity index (χ2n) is 10.1. The molecule has 4 rings (SSSR count). The van der Waals surface area contributed by atoms with Crippen molar-refractivity contribution in [3.05, 3.63) is 63.5 Å². The topological polar surface area (TPSA) is 159 Å². The van der Waals surface area contributed by atoms with Gasteiger partial charge in [0.05, 0.1) is 12.2 Å². The molecular weight excluding hydrogens is 525 g/mol. The van der Waals surface area contributed by atoms with Crippen LogP contribution in [-0.4, -0.2) is 50.9 Å². The van der Waals surface area contributed by atoms with Gasteiger partial charge in [-0.3, -0.25) is 14.7 Å². The third-order valence-electron chi connectivity index (χ3n) is 6.08. The molecule has 0 saturated heterocycles. The van der Waals surface area contributed by atoms with Gasteiger partial charge in [-0.1, -0.05) is 11.5 Å². The minimum absolute atomic E-state index is 0.140. The van der Waals surface area contributed by atoms with Gasteiger partial charge in [0.25, 0.3) is 0 Å². The van der Waals surface area contributed by atoms with Gasteiger partial charge in [0, 0.05) is 34.1 Å². The average Bonchev–Trinajstić information content (AvgIpc) is 3.35. The van der Waals surface area contributed by atoms with Crippen molar-refractivity contribution < 1.29 is 18.7 Å². The summed E-state index contributed by atoms with van der Waals surface area (Å²) in [6, 6.07) is 6.26. The molecule has 1 N–H and O–H groups in total. The zero-order chi connectivity index (χ0) is 28.0. The molecule has 0 aromatic carbocycles. The van der Waals surface area contributed by atoms with Gasteiger partial charge in [0.1, 0.15) is 28.7 Å². The van der Waals surface area contributed by atoms with Crippen LogP contribution >= 0.6 is 11.3 Å². The highest BCUT2D eigenvalue weighted by Gasteiger charge is 2.45. The van der Waals surface area contributed by atoms with Gasteiger partial charge in [0.2, 0.25) is 5.91 Å². The Morgan fingerprint density at radius 2 is 2.05 bits per heavy atom. The second-order valence-corrected chi connectivity index (χ2v) is 11.2. The summed E-state index contributed by atoms with van der Waals surface area (Å²) in [6.45, 7) is 5.40. The number of nitrogens with one attached hydrogen (secondary N) is 1. The molecule has 0 bridgehead atoms. The van der Waals surface area contributed by atoms with E-state index in [1.54, 1.807) is 51.4 Å². The van der Waals surface area contributed by atoms with Gasteiger partial charge in [-0.15, -0.1) is 21.5 Å². The van der Waals surface area contributed by atoms with Crippen LogP contribution in [0, 0.1) is 5.82 Å². The molecule has 3 heterocycles. The molecule has 1 aliphatic rings. The number of hydrogen-bond acceptors (Lipinski definition) is 9. The highest BCUT2D eigenvalue weighted by molar-refractivity contribution is 7.15. The van der Waals surface area contributed by atoms with Crippen molar-refractivity contribution in [1.29, 1.82) is 0 Å². The normalized spacial score (nSPS) is 14.1. The van der Waals surface area contributed by atoms with E-state index in [0.717, 1.165) is 11.3 Å². The maximum absolute atomic E-state index is 14.8. The van der Waals surface area contributed by atoms with Gasteiger partial charge in [-0.2, -0.15) is 0 Å². The lowest BCUT2D eigenvalue weighted by atomic mass is 9.66. The Balaban J connectivity index is 1.55. The number of nitrogens with zero attached hydrogens (tertiary/aromatic N) is 8. The first-order chi connectivity index (χ1) is 18.6. The van der Waals surface area contributed by atoms with Gasteiger partial charge in [0.15, 0.2) is 5.82 Å². The van der Waals surface area contributed by atoms with E-state index in [-0.39, 0.29) is 25.5 Å². The third-order valence-corrected chi connectivity index (χ3v) is 7.10. The smallest absolute Gasteiger partial charge is 0.416 e. The second kappa shape index (κ2) is 11.7. The number of halogens is 1. The van der Waals surface area contributed by atoms with Crippen molar-refractivity contribution >= 4 is 29.2 Å². The Kier molecular flexibility index (Phi) is 8.36. The van der Waals surface area contributed by atoms with E-state index in [1.807, 2.05) is 0 Å². The van der Waals surface area contributed by atoms with E-state index in [1.165, 1.54) is 22.3 Å². The van der Waals surface area contributed by atoms with Crippen LogP contribution in [0.3, 0.4) is 0 Å². The number of carbonyl (C=O) groups is 2. The van der Waals surface area contributed by atoms with Crippen LogP contribution in [-0.2, 0) is 21.5 Å². The zero-order valence-corrected chi connectivity index (χ0v) is 22.6. The predicted octanol–water partition coefficient (Wildman–Crippen LogP) is 4.92. The Morgan fingerprint density at radius 3 is 2.67 bits per heavy atom. The van der Waals surface area contributed by atoms with E-state index in [0.29, 0.717) is 29.2 Å². The Morgan fingerprint density at radius 1 is 1.26 bits per heavy atom. The number of rotatable bonds is 9. The first kappa shape index (κ1) is 27.9. The standard InChI is InChI=1S/C25H28FN9O3S/c1-24(2,3)38-23(37)35(15-25(9-5-10-25)21-17(26)6-4-11-28-21)19-8-7-18(32-33-19)22-30-13-16(39-22)12-29-20(36)14-31-34-27/h4,6-8,11,13H,5,9-10,12,14-15H2,1-3H3,(H,29,36). The summed E-state index contributed by atoms with van der Waals surface area (Å²) in [5.41, 5.74) is 7.71. The molecule has 0 aliphatic heterocycles. The minimum Gasteiger partial charge on any atom is -0.443 e. The fourth-order valence-corrected chi connectivity index (χ4v) is 4.95. The molecular formula is C25H28FN9O3S. The molecule has 1 aliphatic carbocycles. The molecule has 3 aromatic heterocycles. The van der Waals surface area contributed by atoms with Crippen LogP contribution in [0.1, 0.15) is 50.6 Å². The van der Waals surface area contributed by atoms with Crippen molar-refractivity contribution in [2.24, 2.45) is 5.11 Å². The molecule has 39 heavy (non-hydrogen) atoms. The molecule has 2 amide bonds. The van der Waals surface area contributed by atoms with Gasteiger partial charge in [-0.25, -0.2) is 14.2 Å². The fourth-order valence-electron chi connectivity index (χ4n) is 4.14. The highest BCUT2D eigenvalue weighted by atomic mass is 32.1. The van der Waals surface area contributed by atoms with Gasteiger partial charge >= 0.3 is 6.09 Å². The fraction of sp³-hybridized carbons (Fsp3) is 0.440. The van der Waals surface area contributed by atoms with Crippen LogP contribution in [0.25, 0.3) is 21.1 Å². The lowest BCUT2D eigenvalue weighted by Crippen LogP contribution is -2.50. The number of pyridine rings is 1. The first-order valence-electron chi connectivity index (χ1n) is 12.3. The Labute approximate surface area is 228 Å². The highest BCUT2D eigenvalue weighted by Crippen LogP contribution is 2.45. The van der Waals surface area contributed by atoms with Crippen molar-refractivity contribution in [3.63, 3.8) is 0 Å². The summed E-state index contributed by atoms with van der Waals surface area (Å²) in [6.07, 6.45) is 4.79. The number of aromatic nitrogens is 4. The van der Waals surface area contributed by atoms with Crippen molar-refractivity contribution in [1.82, 2.24) is 25.5 Å². The van der Waals surface area contributed by atoms with E-state index >= 15 is 0 Å². The number of anilines is 1. The van der Waals surface area contributed by atoms with Gasteiger partial charge < -0.3 is 10.1 Å². The molecule has 12 nitrogen and oxygen atoms in total. The van der Waals surface area contributed by atoms with Crippen LogP contribution in [0.15, 0.2) is 41.8 Å².